The van der Waals surface area contributed by atoms with Crippen molar-refractivity contribution in [3.8, 4) is 11.5 Å². The molecule has 0 bridgehead atoms. The number of aryl methyl sites for hydroxylation is 6. The van der Waals surface area contributed by atoms with Crippen molar-refractivity contribution in [2.24, 2.45) is 42.3 Å². The number of hydrogen-bond acceptors (Lipinski definition) is 19. The van der Waals surface area contributed by atoms with E-state index in [4.69, 9.17) is 29.2 Å². The first-order valence-corrected chi connectivity index (χ1v) is 51.6. The average Bonchev–Trinajstić information content (AvgIpc) is 0.758. The third kappa shape index (κ3) is 35.2. The topological polar surface area (TPSA) is 354 Å². The highest BCUT2D eigenvalue weighted by Crippen LogP contribution is 2.58. The van der Waals surface area contributed by atoms with E-state index < -0.39 is 91.7 Å². The zero-order valence-corrected chi connectivity index (χ0v) is 87.7. The van der Waals surface area contributed by atoms with Crippen LogP contribution in [0.5, 0.6) is 11.5 Å². The molecule has 12 aromatic rings. The Kier molecular flexibility index (Phi) is 44.9. The van der Waals surface area contributed by atoms with E-state index in [-0.39, 0.29) is 131 Å². The van der Waals surface area contributed by atoms with Gasteiger partial charge in [-0.1, -0.05) is 135 Å². The molecule has 1 saturated heterocycles. The smallest absolute Gasteiger partial charge is 0.497 e. The van der Waals surface area contributed by atoms with Crippen LogP contribution in [-0.2, 0) is 64.6 Å². The van der Waals surface area contributed by atoms with Crippen molar-refractivity contribution in [3.05, 3.63) is 382 Å². The molecule has 1 fully saturated rings. The van der Waals surface area contributed by atoms with Crippen LogP contribution < -0.4 is 36.9 Å². The lowest BCUT2D eigenvalue weighted by Gasteiger charge is -2.42. The number of methoxy groups -OCH3 is 2. The lowest BCUT2D eigenvalue weighted by atomic mass is 9.61. The number of aliphatic hydroxyl groups excluding tert-OH is 12. The molecule has 24 atom stereocenters. The first-order chi connectivity index (χ1) is 70.4. The largest absolute Gasteiger partial charge is 1.00 e. The number of benzene rings is 6. The predicted molar refractivity (Wildman–Crippen MR) is 564 cm³/mol. The van der Waals surface area contributed by atoms with E-state index in [0.717, 1.165) is 59.0 Å². The first-order valence-electron chi connectivity index (χ1n) is 51.6. The molecule has 0 radical (unpaired) electrons. The van der Waals surface area contributed by atoms with Crippen molar-refractivity contribution in [1.82, 2.24) is 0 Å². The third-order valence-electron chi connectivity index (χ3n) is 28.8. The van der Waals surface area contributed by atoms with Gasteiger partial charge in [0, 0.05) is 101 Å². The van der Waals surface area contributed by atoms with Gasteiger partial charge in [-0.05, 0) is 261 Å². The third-order valence-corrected chi connectivity index (χ3v) is 28.8. The average molecular weight is 2010 g/mol. The van der Waals surface area contributed by atoms with E-state index in [2.05, 4.69) is 293 Å². The lowest BCUT2D eigenvalue weighted by molar-refractivity contribution is -0.671. The standard InChI is InChI=1S/C61H78N3O9.C46H48N3O3.C15H32O7/c1-40(66)32-51(68)35-53(70)37-56-38-55(36-52(69)33-41(2)67)72-61(73-56)50-14-8-43(9-15-50)34-57(46-22-28-63(5)29-23-46)59(49-24-30-64(6)31-25-49)60(48-12-10-44(39-65)11-13-48)58(47-16-18-54(71-7)19-17-47)42(3)45-20-26-62(4)27-21-45;1-33(37-18-24-47(2)25-19-37)44(39-14-16-42(52-5)17-15-39)46(40-12-10-36(32-51)11-13-40)45(41-22-28-49(4)29-23-41)43(38-20-26-48(3)27-21-38)30-34-6-8-35(31-50)9-7-34;1-9(16)3-11(18)5-13(20)7-15(22)8-14(21)6-12(19)4-10(2)17/h8-31,39-42,51-53,55-61,66-70H,32-38H2,1-7H3;6-29,31-33,43-46H,30H2,1-5H3;9-22H,3-8H2,1-2H3/q2*+3;/p+1. The fourth-order valence-corrected chi connectivity index (χ4v) is 21.3. The maximum atomic E-state index is 12.2. The number of carbonyl (C=O) groups is 3. The van der Waals surface area contributed by atoms with Gasteiger partial charge in [0.2, 0.25) is 0 Å². The minimum Gasteiger partial charge on any atom is -0.497 e. The summed E-state index contributed by atoms with van der Waals surface area (Å²) in [6.45, 7) is 11.0. The molecule has 24 unspecified atom stereocenters. The van der Waals surface area contributed by atoms with Gasteiger partial charge in [-0.3, -0.25) is 14.4 Å². The van der Waals surface area contributed by atoms with Crippen LogP contribution in [0.3, 0.4) is 0 Å². The second-order valence-corrected chi connectivity index (χ2v) is 41.2. The molecule has 25 heteroatoms. The molecule has 25 nitrogen and oxygen atoms in total. The maximum Gasteiger partial charge on any atom is 1.00 e. The highest BCUT2D eigenvalue weighted by molar-refractivity contribution is 5.76. The Morgan fingerprint density at radius 3 is 0.782 bits per heavy atom. The van der Waals surface area contributed by atoms with Gasteiger partial charge in [-0.25, -0.2) is 27.4 Å². The van der Waals surface area contributed by atoms with Gasteiger partial charge >= 0.3 is 1.43 Å². The molecule has 147 heavy (non-hydrogen) atoms. The number of pyridine rings is 6. The number of ether oxygens (including phenoxy) is 4. The molecule has 6 aromatic carbocycles. The van der Waals surface area contributed by atoms with Crippen LogP contribution in [0, 0.1) is 0 Å². The molecule has 6 aromatic heterocycles. The van der Waals surface area contributed by atoms with E-state index in [1.165, 1.54) is 50.1 Å². The Morgan fingerprint density at radius 1 is 0.279 bits per heavy atom. The van der Waals surface area contributed by atoms with Crippen molar-refractivity contribution >= 4 is 18.9 Å². The molecule has 1 aliphatic rings. The van der Waals surface area contributed by atoms with E-state index in [1.807, 2.05) is 83.8 Å². The van der Waals surface area contributed by atoms with Gasteiger partial charge in [0.15, 0.2) is 80.7 Å². The molecule has 0 saturated carbocycles. The Labute approximate surface area is 869 Å². The van der Waals surface area contributed by atoms with E-state index in [1.54, 1.807) is 41.9 Å². The van der Waals surface area contributed by atoms with Gasteiger partial charge in [0.1, 0.15) is 72.6 Å². The number of rotatable bonds is 50. The number of nitrogens with zero attached hydrogens (tertiary/aromatic N) is 6. The Hall–Kier alpha value is -11.7. The van der Waals surface area contributed by atoms with Gasteiger partial charge in [0.05, 0.1) is 99.7 Å². The summed E-state index contributed by atoms with van der Waals surface area (Å²) in [6, 6.07) is 76.7. The number of hydrogen-bond donors (Lipinski definition) is 12. The Balaban J connectivity index is 0.000000259. The molecule has 12 N–H and O–H groups in total. The zero-order chi connectivity index (χ0) is 106. The van der Waals surface area contributed by atoms with Crippen molar-refractivity contribution in [1.29, 1.82) is 0 Å². The molecule has 13 rings (SSSR count). The summed E-state index contributed by atoms with van der Waals surface area (Å²) in [5.41, 5.74) is 17.0. The zero-order valence-electron chi connectivity index (χ0n) is 88.7. The quantitative estimate of drug-likeness (QED) is 0.0124. The van der Waals surface area contributed by atoms with Crippen molar-refractivity contribution in [2.45, 2.75) is 282 Å². The molecule has 784 valence electrons. The van der Waals surface area contributed by atoms with E-state index >= 15 is 0 Å². The number of aldehydes is 3. The molecule has 0 aliphatic carbocycles. The van der Waals surface area contributed by atoms with Crippen molar-refractivity contribution in [2.75, 3.05) is 14.2 Å². The van der Waals surface area contributed by atoms with Gasteiger partial charge in [-0.2, -0.15) is 0 Å². The fourth-order valence-electron chi connectivity index (χ4n) is 21.3. The van der Waals surface area contributed by atoms with Crippen molar-refractivity contribution < 1.29 is 123 Å². The Bertz CT molecular complexity index is 5860. The van der Waals surface area contributed by atoms with Crippen molar-refractivity contribution in [3.63, 3.8) is 0 Å². The highest BCUT2D eigenvalue weighted by atomic mass is 16.7. The summed E-state index contributed by atoms with van der Waals surface area (Å²) in [5.74, 6) is 1.34. The summed E-state index contributed by atoms with van der Waals surface area (Å²) in [6.07, 6.45) is 20.0. The number of carbonyl (C=O) groups excluding carboxylic acids is 3. The molecule has 1 aliphatic heterocycles. The summed E-state index contributed by atoms with van der Waals surface area (Å²) >= 11 is 0. The predicted octanol–water partition coefficient (Wildman–Crippen LogP) is 13.7. The number of aliphatic hydroxyl groups is 12. The summed E-state index contributed by atoms with van der Waals surface area (Å²) in [7, 11) is 15.6. The summed E-state index contributed by atoms with van der Waals surface area (Å²) < 4.78 is 36.9. The molecule has 0 spiro atoms. The molecule has 0 amide bonds. The monoisotopic (exact) mass is 2010 g/mol. The molecule has 7 heterocycles. The minimum atomic E-state index is -0.956. The second kappa shape index (κ2) is 57.2. The number of aromatic nitrogens is 6. The second-order valence-electron chi connectivity index (χ2n) is 41.2. The normalized spacial score (nSPS) is 18.2. The molecular weight excluding hydrogens is 1850 g/mol. The fraction of sp³-hybridized carbons (Fsp3) is 0.434. The summed E-state index contributed by atoms with van der Waals surface area (Å²) in [4.78, 5) is 35.8. The Morgan fingerprint density at radius 2 is 0.503 bits per heavy atom. The maximum absolute atomic E-state index is 12.2. The van der Waals surface area contributed by atoms with Gasteiger partial charge < -0.3 is 80.2 Å². The van der Waals surface area contributed by atoms with Crippen LogP contribution in [0.25, 0.3) is 0 Å². The highest BCUT2D eigenvalue weighted by Gasteiger charge is 2.45. The van der Waals surface area contributed by atoms with Crippen LogP contribution in [0.1, 0.15) is 289 Å². The van der Waals surface area contributed by atoms with Crippen LogP contribution in [0.2, 0.25) is 0 Å². The SMILES string of the molecule is CC(O)CC(O)CC(O)CC(O)CC(O)CC(O)CC(C)O.COc1ccc(C(C(C)c2cc[n+](C)cc2)C(c2ccc(C=O)cc2)C(c2cc[n+](C)cc2)C(Cc2ccc(C3OC(CC(O)CC(C)O)CC(CC(O)CC(O)CC(C)O)O3)cc2)c2cc[n+](C)cc2)cc1.COc1ccc(C(C(C)c2cc[n+](C)cc2)C(c2ccc(C=O)cc2)C(c2cc[n+](C)cc2)C(Cc2ccc(C=O)cc2)c2cc[n+](C)cc2)cc1.[H+]. The van der Waals surface area contributed by atoms with Gasteiger partial charge in [-0.15, -0.1) is 0 Å². The first kappa shape index (κ1) is 116. The minimum absolute atomic E-state index is 0. The van der Waals surface area contributed by atoms with Gasteiger partial charge in [0.25, 0.3) is 0 Å². The van der Waals surface area contributed by atoms with E-state index in [0.29, 0.717) is 29.5 Å². The van der Waals surface area contributed by atoms with Crippen LogP contribution in [-0.4, -0.2) is 180 Å². The molecular formula is C122H159N6O19+7. The van der Waals surface area contributed by atoms with Crippen LogP contribution >= 0.6 is 0 Å². The van der Waals surface area contributed by atoms with Crippen LogP contribution in [0.4, 0.5) is 0 Å². The lowest BCUT2D eigenvalue weighted by Crippen LogP contribution is -2.38. The van der Waals surface area contributed by atoms with E-state index in [9.17, 15) is 65.4 Å². The van der Waals surface area contributed by atoms with Crippen LogP contribution in [0.15, 0.2) is 293 Å². The summed E-state index contributed by atoms with van der Waals surface area (Å²) in [5, 5.41) is 119.